The highest BCUT2D eigenvalue weighted by Gasteiger charge is 2.06. The fourth-order valence-corrected chi connectivity index (χ4v) is 2.70. The number of aryl methyl sites for hydroxylation is 1. The minimum atomic E-state index is 0.0186. The van der Waals surface area contributed by atoms with Crippen LogP contribution in [0.1, 0.15) is 30.5 Å². The molecule has 20 heavy (non-hydrogen) atoms. The van der Waals surface area contributed by atoms with Crippen LogP contribution in [-0.4, -0.2) is 11.6 Å². The summed E-state index contributed by atoms with van der Waals surface area (Å²) in [5.74, 6) is 0.871. The molecule has 1 aromatic heterocycles. The molecule has 3 nitrogen and oxygen atoms in total. The zero-order valence-corrected chi connectivity index (χ0v) is 13.1. The van der Waals surface area contributed by atoms with Gasteiger partial charge in [0, 0.05) is 22.9 Å². The summed E-state index contributed by atoms with van der Waals surface area (Å²) in [5.41, 5.74) is 8.26. The first kappa shape index (κ1) is 15.0. The van der Waals surface area contributed by atoms with E-state index in [2.05, 4.69) is 20.9 Å². The Morgan fingerprint density at radius 1 is 1.25 bits per heavy atom. The molecule has 0 aliphatic carbocycles. The summed E-state index contributed by atoms with van der Waals surface area (Å²) >= 11 is 3.53. The lowest BCUT2D eigenvalue weighted by Gasteiger charge is -2.11. The van der Waals surface area contributed by atoms with Crippen LogP contribution in [0.2, 0.25) is 0 Å². The van der Waals surface area contributed by atoms with Crippen molar-refractivity contribution in [2.75, 3.05) is 6.61 Å². The molecular formula is C16H19BrN2O. The van der Waals surface area contributed by atoms with E-state index in [0.29, 0.717) is 6.61 Å². The summed E-state index contributed by atoms with van der Waals surface area (Å²) in [5, 5.41) is 0. The average molecular weight is 335 g/mol. The molecule has 0 aliphatic rings. The van der Waals surface area contributed by atoms with Crippen molar-refractivity contribution in [2.24, 2.45) is 5.73 Å². The molecule has 0 saturated heterocycles. The van der Waals surface area contributed by atoms with Gasteiger partial charge in [0.1, 0.15) is 5.75 Å². The van der Waals surface area contributed by atoms with Gasteiger partial charge in [0.15, 0.2) is 0 Å². The lowest BCUT2D eigenvalue weighted by atomic mass is 10.1. The third kappa shape index (κ3) is 4.32. The third-order valence-electron chi connectivity index (χ3n) is 3.09. The molecule has 0 unspecified atom stereocenters. The quantitative estimate of drug-likeness (QED) is 0.815. The van der Waals surface area contributed by atoms with Crippen LogP contribution < -0.4 is 10.5 Å². The third-order valence-corrected chi connectivity index (χ3v) is 3.78. The van der Waals surface area contributed by atoms with Crippen LogP contribution in [0.4, 0.5) is 0 Å². The maximum Gasteiger partial charge on any atom is 0.120 e. The van der Waals surface area contributed by atoms with Crippen molar-refractivity contribution in [1.29, 1.82) is 0 Å². The van der Waals surface area contributed by atoms with E-state index in [4.69, 9.17) is 10.5 Å². The number of nitrogens with zero attached hydrogens (tertiary/aromatic N) is 1. The predicted octanol–water partition coefficient (Wildman–Crippen LogP) is 3.88. The highest BCUT2D eigenvalue weighted by molar-refractivity contribution is 9.10. The van der Waals surface area contributed by atoms with Gasteiger partial charge in [-0.2, -0.15) is 0 Å². The Balaban J connectivity index is 1.81. The molecule has 0 radical (unpaired) electrons. The summed E-state index contributed by atoms with van der Waals surface area (Å²) in [7, 11) is 0. The molecule has 106 valence electrons. The van der Waals surface area contributed by atoms with E-state index in [1.807, 2.05) is 49.6 Å². The van der Waals surface area contributed by atoms with Gasteiger partial charge in [-0.05, 0) is 55.2 Å². The summed E-state index contributed by atoms with van der Waals surface area (Å²) in [6, 6.07) is 10.0. The molecule has 1 heterocycles. The van der Waals surface area contributed by atoms with Crippen molar-refractivity contribution in [1.82, 2.24) is 4.98 Å². The lowest BCUT2D eigenvalue weighted by molar-refractivity contribution is 0.310. The molecule has 2 aromatic rings. The lowest BCUT2D eigenvalue weighted by Crippen LogP contribution is -2.06. The standard InChI is InChI=1S/C16H19BrN2O/c1-12(18)15-5-4-14(11-16(15)17)20-10-2-3-13-6-8-19-9-7-13/h4-9,11-12H,2-3,10,18H2,1H3/t12-/m0/s1. The van der Waals surface area contributed by atoms with E-state index in [1.165, 1.54) is 5.56 Å². The Kier molecular flexibility index (Phi) is 5.56. The van der Waals surface area contributed by atoms with Gasteiger partial charge in [-0.1, -0.05) is 22.0 Å². The number of nitrogens with two attached hydrogens (primary N) is 1. The summed E-state index contributed by atoms with van der Waals surface area (Å²) in [6.07, 6.45) is 5.62. The maximum atomic E-state index is 5.87. The second-order valence-electron chi connectivity index (χ2n) is 4.78. The van der Waals surface area contributed by atoms with Gasteiger partial charge in [-0.15, -0.1) is 0 Å². The molecule has 0 bridgehead atoms. The topological polar surface area (TPSA) is 48.1 Å². The van der Waals surface area contributed by atoms with Crippen molar-refractivity contribution in [3.63, 3.8) is 0 Å². The van der Waals surface area contributed by atoms with Crippen LogP contribution in [0.3, 0.4) is 0 Å². The molecular weight excluding hydrogens is 316 g/mol. The van der Waals surface area contributed by atoms with E-state index < -0.39 is 0 Å². The molecule has 2 rings (SSSR count). The Morgan fingerprint density at radius 2 is 2.00 bits per heavy atom. The molecule has 1 aromatic carbocycles. The minimum Gasteiger partial charge on any atom is -0.494 e. The summed E-state index contributed by atoms with van der Waals surface area (Å²) in [6.45, 7) is 2.67. The highest BCUT2D eigenvalue weighted by Crippen LogP contribution is 2.26. The number of hydrogen-bond donors (Lipinski definition) is 1. The van der Waals surface area contributed by atoms with Gasteiger partial charge in [-0.25, -0.2) is 0 Å². The van der Waals surface area contributed by atoms with Crippen molar-refractivity contribution in [3.8, 4) is 5.75 Å². The van der Waals surface area contributed by atoms with E-state index in [1.54, 1.807) is 0 Å². The van der Waals surface area contributed by atoms with E-state index in [-0.39, 0.29) is 6.04 Å². The number of pyridine rings is 1. The SMILES string of the molecule is C[C@H](N)c1ccc(OCCCc2ccncc2)cc1Br. The number of benzene rings is 1. The summed E-state index contributed by atoms with van der Waals surface area (Å²) < 4.78 is 6.76. The first-order valence-corrected chi connectivity index (χ1v) is 7.53. The Bertz CT molecular complexity index is 543. The van der Waals surface area contributed by atoms with Crippen LogP contribution in [0.5, 0.6) is 5.75 Å². The highest BCUT2D eigenvalue weighted by atomic mass is 79.9. The fraction of sp³-hybridized carbons (Fsp3) is 0.312. The van der Waals surface area contributed by atoms with Crippen molar-refractivity contribution >= 4 is 15.9 Å². The molecule has 4 heteroatoms. The first-order valence-electron chi connectivity index (χ1n) is 6.73. The van der Waals surface area contributed by atoms with Crippen LogP contribution in [0.25, 0.3) is 0 Å². The van der Waals surface area contributed by atoms with Gasteiger partial charge in [0.25, 0.3) is 0 Å². The number of halogens is 1. The average Bonchev–Trinajstić information content (AvgIpc) is 2.44. The van der Waals surface area contributed by atoms with Gasteiger partial charge in [-0.3, -0.25) is 4.98 Å². The Hall–Kier alpha value is -1.39. The molecule has 0 spiro atoms. The maximum absolute atomic E-state index is 5.87. The Morgan fingerprint density at radius 3 is 2.65 bits per heavy atom. The number of ether oxygens (including phenoxy) is 1. The van der Waals surface area contributed by atoms with Crippen LogP contribution in [0, 0.1) is 0 Å². The second kappa shape index (κ2) is 7.41. The van der Waals surface area contributed by atoms with Gasteiger partial charge < -0.3 is 10.5 Å². The molecule has 1 atom stereocenters. The predicted molar refractivity (Wildman–Crippen MR) is 84.8 cm³/mol. The molecule has 0 saturated carbocycles. The van der Waals surface area contributed by atoms with Crippen molar-refractivity contribution in [2.45, 2.75) is 25.8 Å². The molecule has 0 fully saturated rings. The zero-order chi connectivity index (χ0) is 14.4. The number of hydrogen-bond acceptors (Lipinski definition) is 3. The second-order valence-corrected chi connectivity index (χ2v) is 5.63. The fourth-order valence-electron chi connectivity index (χ4n) is 1.98. The normalized spacial score (nSPS) is 12.2. The van der Waals surface area contributed by atoms with E-state index >= 15 is 0 Å². The van der Waals surface area contributed by atoms with Crippen molar-refractivity contribution in [3.05, 3.63) is 58.3 Å². The van der Waals surface area contributed by atoms with Crippen LogP contribution in [-0.2, 0) is 6.42 Å². The number of aromatic nitrogens is 1. The molecule has 0 aliphatic heterocycles. The van der Waals surface area contributed by atoms with Gasteiger partial charge in [0.05, 0.1) is 6.61 Å². The largest absolute Gasteiger partial charge is 0.494 e. The van der Waals surface area contributed by atoms with Crippen LogP contribution >= 0.6 is 15.9 Å². The molecule has 2 N–H and O–H groups in total. The summed E-state index contributed by atoms with van der Waals surface area (Å²) in [4.78, 5) is 4.01. The van der Waals surface area contributed by atoms with Crippen LogP contribution in [0.15, 0.2) is 47.2 Å². The molecule has 0 amide bonds. The smallest absolute Gasteiger partial charge is 0.120 e. The number of rotatable bonds is 6. The Labute approximate surface area is 128 Å². The zero-order valence-electron chi connectivity index (χ0n) is 11.6. The van der Waals surface area contributed by atoms with E-state index in [9.17, 15) is 0 Å². The first-order chi connectivity index (χ1) is 9.66. The van der Waals surface area contributed by atoms with Crippen molar-refractivity contribution < 1.29 is 4.74 Å². The van der Waals surface area contributed by atoms with E-state index in [0.717, 1.165) is 28.6 Å². The van der Waals surface area contributed by atoms with Gasteiger partial charge in [0.2, 0.25) is 0 Å². The monoisotopic (exact) mass is 334 g/mol. The van der Waals surface area contributed by atoms with Gasteiger partial charge >= 0.3 is 0 Å². The minimum absolute atomic E-state index is 0.0186.